The molecule has 23 heavy (non-hydrogen) atoms. The summed E-state index contributed by atoms with van der Waals surface area (Å²) in [5.74, 6) is -0.406. The van der Waals surface area contributed by atoms with Gasteiger partial charge in [0.15, 0.2) is 0 Å². The number of amides is 1. The van der Waals surface area contributed by atoms with Gasteiger partial charge in [-0.1, -0.05) is 51.1 Å². The molecule has 1 amide bonds. The third kappa shape index (κ3) is 4.81. The van der Waals surface area contributed by atoms with Crippen molar-refractivity contribution >= 4 is 17.3 Å². The standard InChI is InChI=1S/C19H23FN2O/c1-19(2,3)14-8-4-6-10-16(14)22-18(23)12-13-21-17-11-7-5-9-15(17)20/h4-11,21H,12-13H2,1-3H3,(H,22,23). The number of carbonyl (C=O) groups excluding carboxylic acids is 1. The van der Waals surface area contributed by atoms with Gasteiger partial charge in [0.25, 0.3) is 0 Å². The lowest BCUT2D eigenvalue weighted by Crippen LogP contribution is -2.20. The summed E-state index contributed by atoms with van der Waals surface area (Å²) < 4.78 is 13.5. The average Bonchev–Trinajstić information content (AvgIpc) is 2.49. The van der Waals surface area contributed by atoms with Crippen LogP contribution in [0.2, 0.25) is 0 Å². The Morgan fingerprint density at radius 1 is 1.00 bits per heavy atom. The SMILES string of the molecule is CC(C)(C)c1ccccc1NC(=O)CCNc1ccccc1F. The zero-order chi connectivity index (χ0) is 16.9. The van der Waals surface area contributed by atoms with Crippen molar-refractivity contribution in [1.29, 1.82) is 0 Å². The van der Waals surface area contributed by atoms with E-state index in [-0.39, 0.29) is 23.6 Å². The van der Waals surface area contributed by atoms with Crippen LogP contribution in [0.25, 0.3) is 0 Å². The summed E-state index contributed by atoms with van der Waals surface area (Å²) in [5.41, 5.74) is 2.29. The number of nitrogens with one attached hydrogen (secondary N) is 2. The zero-order valence-electron chi connectivity index (χ0n) is 13.8. The first-order valence-electron chi connectivity index (χ1n) is 7.75. The predicted octanol–water partition coefficient (Wildman–Crippen LogP) is 4.56. The minimum absolute atomic E-state index is 0.0463. The van der Waals surface area contributed by atoms with E-state index in [2.05, 4.69) is 31.4 Å². The molecule has 0 saturated carbocycles. The first kappa shape index (κ1) is 17.0. The topological polar surface area (TPSA) is 41.1 Å². The molecular formula is C19H23FN2O. The fourth-order valence-electron chi connectivity index (χ4n) is 2.37. The summed E-state index contributed by atoms with van der Waals surface area (Å²) >= 11 is 0. The maximum absolute atomic E-state index is 13.5. The van der Waals surface area contributed by atoms with Crippen LogP contribution in [0.15, 0.2) is 48.5 Å². The highest BCUT2D eigenvalue weighted by Crippen LogP contribution is 2.29. The molecule has 2 aromatic rings. The molecule has 3 nitrogen and oxygen atoms in total. The van der Waals surface area contributed by atoms with Crippen LogP contribution in [0.3, 0.4) is 0 Å². The zero-order valence-corrected chi connectivity index (χ0v) is 13.8. The first-order chi connectivity index (χ1) is 10.9. The average molecular weight is 314 g/mol. The highest BCUT2D eigenvalue weighted by molar-refractivity contribution is 5.92. The number of para-hydroxylation sites is 2. The number of anilines is 2. The van der Waals surface area contributed by atoms with Gasteiger partial charge < -0.3 is 10.6 Å². The molecule has 0 spiro atoms. The maximum atomic E-state index is 13.5. The highest BCUT2D eigenvalue weighted by Gasteiger charge is 2.18. The number of carbonyl (C=O) groups is 1. The van der Waals surface area contributed by atoms with E-state index in [4.69, 9.17) is 0 Å². The van der Waals surface area contributed by atoms with Crippen molar-refractivity contribution in [3.8, 4) is 0 Å². The van der Waals surface area contributed by atoms with Crippen molar-refractivity contribution in [3.63, 3.8) is 0 Å². The summed E-state index contributed by atoms with van der Waals surface area (Å²) in [7, 11) is 0. The molecule has 4 heteroatoms. The summed E-state index contributed by atoms with van der Waals surface area (Å²) in [4.78, 5) is 12.1. The van der Waals surface area contributed by atoms with Crippen molar-refractivity contribution in [2.75, 3.05) is 17.2 Å². The highest BCUT2D eigenvalue weighted by atomic mass is 19.1. The van der Waals surface area contributed by atoms with Crippen LogP contribution in [0.1, 0.15) is 32.8 Å². The van der Waals surface area contributed by atoms with Gasteiger partial charge in [-0.25, -0.2) is 4.39 Å². The van der Waals surface area contributed by atoms with Crippen LogP contribution in [0.5, 0.6) is 0 Å². The molecule has 0 atom stereocenters. The third-order valence-electron chi connectivity index (χ3n) is 3.55. The van der Waals surface area contributed by atoms with Gasteiger partial charge in [0.2, 0.25) is 5.91 Å². The molecule has 0 bridgehead atoms. The Morgan fingerprint density at radius 3 is 2.26 bits per heavy atom. The lowest BCUT2D eigenvalue weighted by Gasteiger charge is -2.23. The molecule has 2 aromatic carbocycles. The van der Waals surface area contributed by atoms with Gasteiger partial charge >= 0.3 is 0 Å². The molecule has 0 saturated heterocycles. The lowest BCUT2D eigenvalue weighted by atomic mass is 9.86. The summed E-state index contributed by atoms with van der Waals surface area (Å²) in [5, 5.41) is 5.88. The Bertz CT molecular complexity index is 677. The molecule has 2 rings (SSSR count). The van der Waals surface area contributed by atoms with Gasteiger partial charge in [0.1, 0.15) is 5.82 Å². The van der Waals surface area contributed by atoms with Crippen LogP contribution in [0, 0.1) is 5.82 Å². The van der Waals surface area contributed by atoms with Gasteiger partial charge in [0, 0.05) is 18.7 Å². The minimum atomic E-state index is -0.314. The largest absolute Gasteiger partial charge is 0.382 e. The smallest absolute Gasteiger partial charge is 0.226 e. The van der Waals surface area contributed by atoms with Crippen LogP contribution in [0.4, 0.5) is 15.8 Å². The van der Waals surface area contributed by atoms with Gasteiger partial charge in [0.05, 0.1) is 5.69 Å². The van der Waals surface area contributed by atoms with Gasteiger partial charge in [-0.3, -0.25) is 4.79 Å². The van der Waals surface area contributed by atoms with Crippen LogP contribution in [-0.4, -0.2) is 12.5 Å². The molecule has 2 N–H and O–H groups in total. The van der Waals surface area contributed by atoms with E-state index in [0.717, 1.165) is 11.3 Å². The molecule has 0 unspecified atom stereocenters. The van der Waals surface area contributed by atoms with E-state index in [1.165, 1.54) is 6.07 Å². The fourth-order valence-corrected chi connectivity index (χ4v) is 2.37. The summed E-state index contributed by atoms with van der Waals surface area (Å²) in [6, 6.07) is 14.2. The predicted molar refractivity (Wildman–Crippen MR) is 93.3 cm³/mol. The monoisotopic (exact) mass is 314 g/mol. The van der Waals surface area contributed by atoms with Crippen LogP contribution < -0.4 is 10.6 Å². The van der Waals surface area contributed by atoms with Gasteiger partial charge in [-0.15, -0.1) is 0 Å². The molecule has 0 aliphatic rings. The number of hydrogen-bond acceptors (Lipinski definition) is 2. The Labute approximate surface area is 136 Å². The molecule has 0 fully saturated rings. The van der Waals surface area contributed by atoms with Crippen molar-refractivity contribution in [2.45, 2.75) is 32.6 Å². The van der Waals surface area contributed by atoms with Crippen molar-refractivity contribution in [1.82, 2.24) is 0 Å². The number of benzene rings is 2. The summed E-state index contributed by atoms with van der Waals surface area (Å²) in [6.07, 6.45) is 0.271. The van der Waals surface area contributed by atoms with E-state index in [0.29, 0.717) is 12.2 Å². The van der Waals surface area contributed by atoms with Gasteiger partial charge in [-0.2, -0.15) is 0 Å². The number of halogens is 1. The molecular weight excluding hydrogens is 291 g/mol. The molecule has 0 aliphatic carbocycles. The molecule has 0 aromatic heterocycles. The molecule has 0 aliphatic heterocycles. The lowest BCUT2D eigenvalue weighted by molar-refractivity contribution is -0.115. The Morgan fingerprint density at radius 2 is 1.61 bits per heavy atom. The molecule has 0 heterocycles. The van der Waals surface area contributed by atoms with E-state index in [1.807, 2.05) is 24.3 Å². The van der Waals surface area contributed by atoms with E-state index in [9.17, 15) is 9.18 Å². The quantitative estimate of drug-likeness (QED) is 0.849. The Balaban J connectivity index is 1.92. The number of hydrogen-bond donors (Lipinski definition) is 2. The Hall–Kier alpha value is -2.36. The van der Waals surface area contributed by atoms with E-state index < -0.39 is 0 Å². The molecule has 122 valence electrons. The van der Waals surface area contributed by atoms with Crippen molar-refractivity contribution in [2.24, 2.45) is 0 Å². The van der Waals surface area contributed by atoms with Crippen LogP contribution in [-0.2, 0) is 10.2 Å². The van der Waals surface area contributed by atoms with Crippen LogP contribution >= 0.6 is 0 Å². The minimum Gasteiger partial charge on any atom is -0.382 e. The molecule has 0 radical (unpaired) electrons. The van der Waals surface area contributed by atoms with E-state index >= 15 is 0 Å². The second-order valence-electron chi connectivity index (χ2n) is 6.50. The second kappa shape index (κ2) is 7.27. The van der Waals surface area contributed by atoms with Crippen molar-refractivity contribution < 1.29 is 9.18 Å². The normalized spacial score (nSPS) is 11.1. The number of rotatable bonds is 5. The second-order valence-corrected chi connectivity index (χ2v) is 6.50. The fraction of sp³-hybridized carbons (Fsp3) is 0.316. The Kier molecular flexibility index (Phi) is 5.37. The maximum Gasteiger partial charge on any atom is 0.226 e. The van der Waals surface area contributed by atoms with E-state index in [1.54, 1.807) is 18.2 Å². The first-order valence-corrected chi connectivity index (χ1v) is 7.75. The third-order valence-corrected chi connectivity index (χ3v) is 3.55. The van der Waals surface area contributed by atoms with Gasteiger partial charge in [-0.05, 0) is 29.2 Å². The summed E-state index contributed by atoms with van der Waals surface area (Å²) in [6.45, 7) is 6.71. The van der Waals surface area contributed by atoms with Crippen molar-refractivity contribution in [3.05, 3.63) is 59.9 Å².